The second kappa shape index (κ2) is 10.3. The summed E-state index contributed by atoms with van der Waals surface area (Å²) in [7, 11) is 0. The van der Waals surface area contributed by atoms with E-state index in [-0.39, 0.29) is 36.1 Å². The Bertz CT molecular complexity index is 545. The molecule has 0 aromatic rings. The predicted octanol–water partition coefficient (Wildman–Crippen LogP) is 1.17. The second-order valence-corrected chi connectivity index (χ2v) is 8.76. The maximum atomic E-state index is 12.0. The van der Waals surface area contributed by atoms with E-state index < -0.39 is 5.60 Å². The summed E-state index contributed by atoms with van der Waals surface area (Å²) in [6.07, 6.45) is 0.573. The molecule has 2 bridgehead atoms. The number of hydrogen-bond donors (Lipinski definition) is 2. The summed E-state index contributed by atoms with van der Waals surface area (Å²) >= 11 is 0. The fourth-order valence-electron chi connectivity index (χ4n) is 4.06. The zero-order valence-corrected chi connectivity index (χ0v) is 20.1. The minimum atomic E-state index is -0.469. The van der Waals surface area contributed by atoms with Gasteiger partial charge in [-0.1, -0.05) is 0 Å². The minimum Gasteiger partial charge on any atom is -0.444 e. The number of piperazine rings is 3. The highest BCUT2D eigenvalue weighted by atomic mass is 127. The Balaban J connectivity index is 0.00000280. The van der Waals surface area contributed by atoms with E-state index in [2.05, 4.69) is 32.3 Å². The number of rotatable bonds is 4. The molecule has 4 heterocycles. The molecule has 28 heavy (non-hydrogen) atoms. The van der Waals surface area contributed by atoms with Crippen LogP contribution in [0.4, 0.5) is 4.79 Å². The van der Waals surface area contributed by atoms with Crippen LogP contribution in [0.3, 0.4) is 0 Å². The van der Waals surface area contributed by atoms with Crippen molar-refractivity contribution in [3.05, 3.63) is 0 Å². The number of alkyl carbamates (subject to hydrolysis) is 1. The van der Waals surface area contributed by atoms with Gasteiger partial charge in [0, 0.05) is 58.4 Å². The van der Waals surface area contributed by atoms with E-state index in [4.69, 9.17) is 9.73 Å². The molecule has 0 aromatic carbocycles. The molecule has 0 aliphatic carbocycles. The third kappa shape index (κ3) is 6.62. The number of guanidine groups is 1. The first-order valence-electron chi connectivity index (χ1n) is 10.3. The molecule has 0 aromatic heterocycles. The molecule has 4 fully saturated rings. The summed E-state index contributed by atoms with van der Waals surface area (Å²) in [6, 6.07) is 0.628. The van der Waals surface area contributed by atoms with E-state index in [1.807, 2.05) is 20.8 Å². The van der Waals surface area contributed by atoms with Gasteiger partial charge in [0.1, 0.15) is 5.60 Å². The summed E-state index contributed by atoms with van der Waals surface area (Å²) < 4.78 is 5.37. The third-order valence-electron chi connectivity index (χ3n) is 5.39. The van der Waals surface area contributed by atoms with E-state index >= 15 is 0 Å². The molecule has 8 nitrogen and oxygen atoms in total. The van der Waals surface area contributed by atoms with Gasteiger partial charge in [-0.3, -0.25) is 14.8 Å². The van der Waals surface area contributed by atoms with Gasteiger partial charge in [0.05, 0.1) is 12.6 Å². The van der Waals surface area contributed by atoms with Crippen LogP contribution in [0, 0.1) is 0 Å². The van der Waals surface area contributed by atoms with Gasteiger partial charge in [-0.25, -0.2) is 4.79 Å². The lowest BCUT2D eigenvalue weighted by molar-refractivity contribution is 0.0173. The van der Waals surface area contributed by atoms with Crippen molar-refractivity contribution in [3.8, 4) is 0 Å². The highest BCUT2D eigenvalue weighted by Gasteiger charge is 2.32. The topological polar surface area (TPSA) is 72.4 Å². The van der Waals surface area contributed by atoms with Crippen LogP contribution in [0.15, 0.2) is 4.99 Å². The van der Waals surface area contributed by atoms with Gasteiger partial charge in [0.2, 0.25) is 0 Å². The summed E-state index contributed by atoms with van der Waals surface area (Å²) in [5.74, 6) is 0.962. The average Bonchev–Trinajstić information content (AvgIpc) is 3.06. The lowest BCUT2D eigenvalue weighted by atomic mass is 10.1. The van der Waals surface area contributed by atoms with Crippen molar-refractivity contribution in [2.75, 3.05) is 58.9 Å². The number of ether oxygens (including phenoxy) is 1. The number of likely N-dealkylation sites (tertiary alicyclic amines) is 1. The Kier molecular flexibility index (Phi) is 8.62. The molecule has 0 spiro atoms. The smallest absolute Gasteiger partial charge is 0.407 e. The minimum absolute atomic E-state index is 0. The predicted molar refractivity (Wildman–Crippen MR) is 123 cm³/mol. The SMILES string of the molecule is CCNC(=NCC1CN2CCN1CC2)N1CCC(NC(=O)OC(C)(C)C)C1.I. The fraction of sp³-hybridized carbons (Fsp3) is 0.895. The molecule has 2 N–H and O–H groups in total. The van der Waals surface area contributed by atoms with Crippen LogP contribution in [0.1, 0.15) is 34.1 Å². The normalized spacial score (nSPS) is 30.0. The Labute approximate surface area is 186 Å². The van der Waals surface area contributed by atoms with E-state index in [0.29, 0.717) is 6.04 Å². The Morgan fingerprint density at radius 2 is 1.86 bits per heavy atom. The van der Waals surface area contributed by atoms with Crippen LogP contribution in [0.25, 0.3) is 0 Å². The molecule has 2 atom stereocenters. The van der Waals surface area contributed by atoms with Crippen molar-refractivity contribution in [2.45, 2.75) is 51.8 Å². The number of fused-ring (bicyclic) bond motifs is 3. The monoisotopic (exact) mass is 508 g/mol. The lowest BCUT2D eigenvalue weighted by Gasteiger charge is -2.47. The van der Waals surface area contributed by atoms with Crippen LogP contribution in [-0.2, 0) is 4.74 Å². The summed E-state index contributed by atoms with van der Waals surface area (Å²) in [5.41, 5.74) is -0.469. The molecule has 4 rings (SSSR count). The summed E-state index contributed by atoms with van der Waals surface area (Å²) in [4.78, 5) is 24.3. The van der Waals surface area contributed by atoms with Crippen LogP contribution in [0.2, 0.25) is 0 Å². The van der Waals surface area contributed by atoms with Crippen LogP contribution < -0.4 is 10.6 Å². The number of halogens is 1. The number of aliphatic imine (C=N–C) groups is 1. The van der Waals surface area contributed by atoms with Gasteiger partial charge in [0.15, 0.2) is 5.96 Å². The highest BCUT2D eigenvalue weighted by Crippen LogP contribution is 2.16. The van der Waals surface area contributed by atoms with E-state index in [9.17, 15) is 4.79 Å². The van der Waals surface area contributed by atoms with Gasteiger partial charge in [0.25, 0.3) is 0 Å². The Hall–Kier alpha value is -0.810. The summed E-state index contributed by atoms with van der Waals surface area (Å²) in [5, 5.41) is 6.41. The zero-order valence-electron chi connectivity index (χ0n) is 17.7. The molecule has 4 aliphatic heterocycles. The number of amides is 1. The maximum absolute atomic E-state index is 12.0. The first-order chi connectivity index (χ1) is 12.8. The largest absolute Gasteiger partial charge is 0.444 e. The first-order valence-corrected chi connectivity index (χ1v) is 10.3. The van der Waals surface area contributed by atoms with E-state index in [1.165, 1.54) is 26.2 Å². The molecule has 2 unspecified atom stereocenters. The van der Waals surface area contributed by atoms with Gasteiger partial charge in [-0.2, -0.15) is 0 Å². The van der Waals surface area contributed by atoms with Crippen molar-refractivity contribution in [3.63, 3.8) is 0 Å². The molecule has 9 heteroatoms. The number of carbonyl (C=O) groups is 1. The fourth-order valence-corrected chi connectivity index (χ4v) is 4.06. The number of nitrogens with one attached hydrogen (secondary N) is 2. The molecule has 162 valence electrons. The van der Waals surface area contributed by atoms with Crippen molar-refractivity contribution in [2.24, 2.45) is 4.99 Å². The van der Waals surface area contributed by atoms with Crippen LogP contribution in [0.5, 0.6) is 0 Å². The van der Waals surface area contributed by atoms with Crippen molar-refractivity contribution < 1.29 is 9.53 Å². The zero-order chi connectivity index (χ0) is 19.4. The molecule has 0 saturated carbocycles. The molecule has 1 amide bonds. The quantitative estimate of drug-likeness (QED) is 0.338. The molecule has 4 saturated heterocycles. The van der Waals surface area contributed by atoms with Gasteiger partial charge >= 0.3 is 6.09 Å². The van der Waals surface area contributed by atoms with Gasteiger partial charge in [-0.05, 0) is 34.1 Å². The molecular weight excluding hydrogens is 471 g/mol. The number of nitrogens with zero attached hydrogens (tertiary/aromatic N) is 4. The lowest BCUT2D eigenvalue weighted by Crippen LogP contribution is -2.62. The molecular formula is C19H37IN6O2. The standard InChI is InChI=1S/C19H36N6O2.HI/c1-5-20-17(21-12-16-14-23-8-10-24(16)11-9-23)25-7-6-15(13-25)22-18(26)27-19(2,3)4;/h15-16H,5-14H2,1-4H3,(H,20,21)(H,22,26);1H. The van der Waals surface area contributed by atoms with E-state index in [0.717, 1.165) is 45.1 Å². The van der Waals surface area contributed by atoms with Gasteiger partial charge in [-0.15, -0.1) is 24.0 Å². The molecule has 4 aliphatic rings. The van der Waals surface area contributed by atoms with Crippen LogP contribution >= 0.6 is 24.0 Å². The number of carbonyl (C=O) groups excluding carboxylic acids is 1. The van der Waals surface area contributed by atoms with Crippen molar-refractivity contribution in [1.82, 2.24) is 25.3 Å². The van der Waals surface area contributed by atoms with E-state index in [1.54, 1.807) is 0 Å². The third-order valence-corrected chi connectivity index (χ3v) is 5.39. The highest BCUT2D eigenvalue weighted by molar-refractivity contribution is 14.0. The van der Waals surface area contributed by atoms with Crippen LogP contribution in [-0.4, -0.2) is 103 Å². The second-order valence-electron chi connectivity index (χ2n) is 8.76. The summed E-state index contributed by atoms with van der Waals surface area (Å²) in [6.45, 7) is 17.0. The van der Waals surface area contributed by atoms with Crippen molar-refractivity contribution >= 4 is 36.0 Å². The average molecular weight is 508 g/mol. The van der Waals surface area contributed by atoms with Crippen molar-refractivity contribution in [1.29, 1.82) is 0 Å². The first kappa shape index (κ1) is 23.5. The van der Waals surface area contributed by atoms with Gasteiger partial charge < -0.3 is 20.3 Å². The Morgan fingerprint density at radius 3 is 2.43 bits per heavy atom. The number of hydrogen-bond acceptors (Lipinski definition) is 5. The molecule has 0 radical (unpaired) electrons. The maximum Gasteiger partial charge on any atom is 0.407 e. The Morgan fingerprint density at radius 1 is 1.14 bits per heavy atom.